The number of hydrogen-bond donors (Lipinski definition) is 2. The predicted octanol–water partition coefficient (Wildman–Crippen LogP) is 3.97. The zero-order valence-corrected chi connectivity index (χ0v) is 16.6. The van der Waals surface area contributed by atoms with Crippen LogP contribution in [0.5, 0.6) is 0 Å². The maximum Gasteiger partial charge on any atom is 0.270 e. The van der Waals surface area contributed by atoms with Gasteiger partial charge in [0.15, 0.2) is 5.78 Å². The summed E-state index contributed by atoms with van der Waals surface area (Å²) in [5.74, 6) is -1.01. The number of carbonyl (C=O) groups excluding carboxylic acids is 3. The molecule has 0 heterocycles. The van der Waals surface area contributed by atoms with E-state index < -0.39 is 10.7 Å². The van der Waals surface area contributed by atoms with Crippen molar-refractivity contribution in [2.45, 2.75) is 13.3 Å². The topological polar surface area (TPSA) is 118 Å². The zero-order valence-electron chi connectivity index (χ0n) is 16.6. The number of benzene rings is 3. The number of anilines is 2. The molecule has 0 radical (unpaired) electrons. The van der Waals surface area contributed by atoms with Crippen LogP contribution in [0, 0.1) is 10.1 Å². The number of nitrogens with zero attached hydrogens (tertiary/aromatic N) is 1. The molecule has 156 valence electrons. The van der Waals surface area contributed by atoms with Gasteiger partial charge in [-0.25, -0.2) is 0 Å². The van der Waals surface area contributed by atoms with E-state index in [2.05, 4.69) is 10.6 Å². The van der Waals surface area contributed by atoms with Crippen LogP contribution in [-0.2, 0) is 16.0 Å². The van der Waals surface area contributed by atoms with Gasteiger partial charge in [-0.15, -0.1) is 0 Å². The highest BCUT2D eigenvalue weighted by molar-refractivity contribution is 6.14. The first-order valence-corrected chi connectivity index (χ1v) is 9.38. The Morgan fingerprint density at radius 3 is 2.19 bits per heavy atom. The van der Waals surface area contributed by atoms with Gasteiger partial charge in [0.2, 0.25) is 11.8 Å². The predicted molar refractivity (Wildman–Crippen MR) is 116 cm³/mol. The van der Waals surface area contributed by atoms with Gasteiger partial charge >= 0.3 is 0 Å². The number of nitrogens with one attached hydrogen (secondary N) is 2. The van der Waals surface area contributed by atoms with Crippen molar-refractivity contribution < 1.29 is 19.3 Å². The lowest BCUT2D eigenvalue weighted by atomic mass is 10.0. The maximum atomic E-state index is 12.9. The number of rotatable bonds is 7. The monoisotopic (exact) mass is 417 g/mol. The minimum Gasteiger partial charge on any atom is -0.326 e. The summed E-state index contributed by atoms with van der Waals surface area (Å²) in [6.45, 7) is 1.40. The van der Waals surface area contributed by atoms with Crippen LogP contribution in [0.3, 0.4) is 0 Å². The first kappa shape index (κ1) is 21.4. The van der Waals surface area contributed by atoms with E-state index in [9.17, 15) is 24.5 Å². The molecule has 0 spiro atoms. The molecule has 0 bridgehead atoms. The third kappa shape index (κ3) is 5.60. The van der Waals surface area contributed by atoms with Gasteiger partial charge in [0.25, 0.3) is 5.69 Å². The summed E-state index contributed by atoms with van der Waals surface area (Å²) in [6.07, 6.45) is 0.0241. The van der Waals surface area contributed by atoms with Crippen LogP contribution >= 0.6 is 0 Å². The molecule has 0 atom stereocenters. The molecule has 3 rings (SSSR count). The molecule has 31 heavy (non-hydrogen) atoms. The highest BCUT2D eigenvalue weighted by Gasteiger charge is 2.19. The van der Waals surface area contributed by atoms with Crippen LogP contribution in [0.15, 0.2) is 72.8 Å². The number of hydrogen-bond acceptors (Lipinski definition) is 5. The van der Waals surface area contributed by atoms with E-state index in [0.717, 1.165) is 6.07 Å². The molecule has 8 nitrogen and oxygen atoms in total. The van der Waals surface area contributed by atoms with E-state index >= 15 is 0 Å². The first-order valence-electron chi connectivity index (χ1n) is 9.38. The maximum absolute atomic E-state index is 12.9. The molecule has 0 fully saturated rings. The van der Waals surface area contributed by atoms with E-state index in [1.54, 1.807) is 54.6 Å². The fraction of sp³-hybridized carbons (Fsp3) is 0.0870. The smallest absolute Gasteiger partial charge is 0.270 e. The van der Waals surface area contributed by atoms with E-state index in [0.29, 0.717) is 16.8 Å². The third-order valence-corrected chi connectivity index (χ3v) is 4.41. The SMILES string of the molecule is CC(=O)Nc1ccc(CC(=O)Nc2ccc([N+](=O)[O-])cc2C(=O)c2ccccc2)cc1. The quantitative estimate of drug-likeness (QED) is 0.343. The van der Waals surface area contributed by atoms with Crippen LogP contribution in [0.25, 0.3) is 0 Å². The summed E-state index contributed by atoms with van der Waals surface area (Å²) >= 11 is 0. The molecule has 0 unspecified atom stereocenters. The first-order chi connectivity index (χ1) is 14.8. The molecular formula is C23H19N3O5. The Kier molecular flexibility index (Phi) is 6.51. The number of non-ortho nitro benzene ring substituents is 1. The molecule has 0 saturated heterocycles. The summed E-state index contributed by atoms with van der Waals surface area (Å²) in [7, 11) is 0. The van der Waals surface area contributed by atoms with Crippen molar-refractivity contribution in [3.8, 4) is 0 Å². The summed E-state index contributed by atoms with van der Waals surface area (Å²) < 4.78 is 0. The molecular weight excluding hydrogens is 398 g/mol. The van der Waals surface area contributed by atoms with Crippen LogP contribution < -0.4 is 10.6 Å². The minimum atomic E-state index is -0.593. The van der Waals surface area contributed by atoms with Crippen LogP contribution in [0.4, 0.5) is 17.1 Å². The average Bonchev–Trinajstić information content (AvgIpc) is 2.75. The molecule has 8 heteroatoms. The van der Waals surface area contributed by atoms with Gasteiger partial charge in [0, 0.05) is 30.3 Å². The number of carbonyl (C=O) groups is 3. The fourth-order valence-corrected chi connectivity index (χ4v) is 2.98. The highest BCUT2D eigenvalue weighted by atomic mass is 16.6. The molecule has 2 amide bonds. The van der Waals surface area contributed by atoms with Crippen molar-refractivity contribution in [2.75, 3.05) is 10.6 Å². The van der Waals surface area contributed by atoms with E-state index in [4.69, 9.17) is 0 Å². The summed E-state index contributed by atoms with van der Waals surface area (Å²) in [5, 5.41) is 16.5. The van der Waals surface area contributed by atoms with Crippen molar-refractivity contribution in [2.24, 2.45) is 0 Å². The normalized spacial score (nSPS) is 10.2. The number of ketones is 1. The standard InChI is InChI=1S/C23H19N3O5/c1-15(27)24-18-9-7-16(8-10-18)13-22(28)25-21-12-11-19(26(30)31)14-20(21)23(29)17-5-3-2-4-6-17/h2-12,14H,13H2,1H3,(H,24,27)(H,25,28). The van der Waals surface area contributed by atoms with Crippen molar-refractivity contribution in [3.63, 3.8) is 0 Å². The second-order valence-corrected chi connectivity index (χ2v) is 6.79. The molecule has 0 aliphatic rings. The average molecular weight is 417 g/mol. The Hall–Kier alpha value is -4.33. The molecule has 3 aromatic rings. The molecule has 2 N–H and O–H groups in total. The zero-order chi connectivity index (χ0) is 22.4. The lowest BCUT2D eigenvalue weighted by molar-refractivity contribution is -0.384. The second-order valence-electron chi connectivity index (χ2n) is 6.79. The van der Waals surface area contributed by atoms with E-state index in [-0.39, 0.29) is 35.2 Å². The Bertz CT molecular complexity index is 1140. The molecule has 0 aliphatic heterocycles. The Morgan fingerprint density at radius 1 is 0.903 bits per heavy atom. The van der Waals surface area contributed by atoms with Crippen LogP contribution in [0.2, 0.25) is 0 Å². The minimum absolute atomic E-state index is 0.0241. The number of nitro benzene ring substituents is 1. The molecule has 3 aromatic carbocycles. The van der Waals surface area contributed by atoms with Crippen LogP contribution in [0.1, 0.15) is 28.4 Å². The number of nitro groups is 1. The van der Waals surface area contributed by atoms with Gasteiger partial charge in [-0.05, 0) is 23.8 Å². The van der Waals surface area contributed by atoms with Gasteiger partial charge in [0.1, 0.15) is 0 Å². The largest absolute Gasteiger partial charge is 0.326 e. The second kappa shape index (κ2) is 9.45. The highest BCUT2D eigenvalue weighted by Crippen LogP contribution is 2.25. The van der Waals surface area contributed by atoms with Gasteiger partial charge < -0.3 is 10.6 Å². The van der Waals surface area contributed by atoms with Crippen LogP contribution in [-0.4, -0.2) is 22.5 Å². The van der Waals surface area contributed by atoms with Crippen molar-refractivity contribution in [1.29, 1.82) is 0 Å². The summed E-state index contributed by atoms with van der Waals surface area (Å²) in [4.78, 5) is 47.1. The Morgan fingerprint density at radius 2 is 1.58 bits per heavy atom. The van der Waals surface area contributed by atoms with E-state index in [1.165, 1.54) is 19.1 Å². The molecule has 0 aromatic heterocycles. The summed E-state index contributed by atoms with van der Waals surface area (Å²) in [6, 6.07) is 18.9. The third-order valence-electron chi connectivity index (χ3n) is 4.41. The van der Waals surface area contributed by atoms with Gasteiger partial charge in [0.05, 0.1) is 22.6 Å². The molecule has 0 aliphatic carbocycles. The van der Waals surface area contributed by atoms with Gasteiger partial charge in [-0.1, -0.05) is 42.5 Å². The fourth-order valence-electron chi connectivity index (χ4n) is 2.98. The van der Waals surface area contributed by atoms with Gasteiger partial charge in [-0.3, -0.25) is 24.5 Å². The lowest BCUT2D eigenvalue weighted by Crippen LogP contribution is -2.17. The van der Waals surface area contributed by atoms with E-state index in [1.807, 2.05) is 0 Å². The Labute approximate surface area is 178 Å². The lowest BCUT2D eigenvalue weighted by Gasteiger charge is -2.11. The summed E-state index contributed by atoms with van der Waals surface area (Å²) in [5.41, 5.74) is 1.65. The van der Waals surface area contributed by atoms with Crippen molar-refractivity contribution in [3.05, 3.63) is 99.6 Å². The van der Waals surface area contributed by atoms with Crippen molar-refractivity contribution >= 4 is 34.7 Å². The Balaban J connectivity index is 1.81. The van der Waals surface area contributed by atoms with Gasteiger partial charge in [-0.2, -0.15) is 0 Å². The molecule has 0 saturated carbocycles. The van der Waals surface area contributed by atoms with Crippen molar-refractivity contribution in [1.82, 2.24) is 0 Å². The number of amides is 2.